The van der Waals surface area contributed by atoms with Gasteiger partial charge in [-0.25, -0.2) is 29.8 Å². The molecule has 0 atom stereocenters. The summed E-state index contributed by atoms with van der Waals surface area (Å²) in [7, 11) is -14.0. The molecule has 0 spiro atoms. The maximum atomic E-state index is 12.4. The van der Waals surface area contributed by atoms with Crippen LogP contribution in [0.25, 0.3) is 5.57 Å². The number of anilines is 1. The second-order valence-corrected chi connectivity index (χ2v) is 15.8. The molecule has 1 aliphatic carbocycles. The summed E-state index contributed by atoms with van der Waals surface area (Å²) in [5, 5.41) is 0. The van der Waals surface area contributed by atoms with E-state index in [1.54, 1.807) is 36.4 Å². The van der Waals surface area contributed by atoms with Crippen molar-refractivity contribution in [2.75, 3.05) is 18.0 Å². The first kappa shape index (κ1) is 44.7. The molecule has 0 amide bonds. The Labute approximate surface area is 355 Å². The van der Waals surface area contributed by atoms with Gasteiger partial charge >= 0.3 is 59.1 Å². The third-order valence-electron chi connectivity index (χ3n) is 8.40. The predicted octanol–water partition coefficient (Wildman–Crippen LogP) is -0.965. The zero-order valence-corrected chi connectivity index (χ0v) is 36.1. The second kappa shape index (κ2) is 18.8. The van der Waals surface area contributed by atoms with Gasteiger partial charge in [0, 0.05) is 42.1 Å². The molecule has 0 N–H and O–H groups in total. The van der Waals surface area contributed by atoms with Crippen LogP contribution in [0.1, 0.15) is 36.1 Å². The number of hydrogen-bond donors (Lipinski definition) is 0. The first-order valence-electron chi connectivity index (χ1n) is 15.8. The molecule has 0 fully saturated rings. The molecule has 0 saturated carbocycles. The van der Waals surface area contributed by atoms with E-state index in [9.17, 15) is 38.9 Å². The van der Waals surface area contributed by atoms with Crippen LogP contribution in [-0.4, -0.2) is 62.3 Å². The molecule has 0 radical (unpaired) electrons. The third-order valence-corrected chi connectivity index (χ3v) is 11.0. The van der Waals surface area contributed by atoms with Gasteiger partial charge < -0.3 is 18.6 Å². The van der Waals surface area contributed by atoms with Gasteiger partial charge in [0.05, 0.1) is 14.7 Å². The van der Waals surface area contributed by atoms with Gasteiger partial charge in [-0.2, -0.15) is 0 Å². The van der Waals surface area contributed by atoms with Crippen LogP contribution in [0.15, 0.2) is 142 Å². The summed E-state index contributed by atoms with van der Waals surface area (Å²) in [5.41, 5.74) is 5.34. The Hall–Kier alpha value is -2.70. The van der Waals surface area contributed by atoms with Crippen LogP contribution < -0.4 is 64.0 Å². The number of nitrogens with zero attached hydrogens (tertiary/aromatic N) is 2. The Morgan fingerprint density at radius 1 is 0.623 bits per heavy atom. The molecule has 266 valence electrons. The van der Waals surface area contributed by atoms with Crippen LogP contribution in [-0.2, 0) is 43.4 Å². The van der Waals surface area contributed by atoms with Crippen LogP contribution in [0.4, 0.5) is 5.69 Å². The summed E-state index contributed by atoms with van der Waals surface area (Å²) < 4.78 is 107. The molecule has 0 unspecified atom stereocenters. The number of benzene rings is 4. The van der Waals surface area contributed by atoms with Crippen molar-refractivity contribution in [3.05, 3.63) is 149 Å². The fourth-order valence-corrected chi connectivity index (χ4v) is 7.41. The van der Waals surface area contributed by atoms with E-state index in [2.05, 4.69) is 0 Å². The molecular formula is C37H34N2Na2O9S3. The minimum atomic E-state index is -4.84. The maximum absolute atomic E-state index is 12.4. The van der Waals surface area contributed by atoms with Gasteiger partial charge in [0.25, 0.3) is 0 Å². The molecule has 0 saturated heterocycles. The molecule has 4 aromatic carbocycles. The van der Waals surface area contributed by atoms with Gasteiger partial charge in [-0.05, 0) is 90.7 Å². The van der Waals surface area contributed by atoms with Crippen LogP contribution in [0.2, 0.25) is 0 Å². The zero-order valence-electron chi connectivity index (χ0n) is 29.7. The van der Waals surface area contributed by atoms with E-state index in [-0.39, 0.29) is 79.4 Å². The van der Waals surface area contributed by atoms with Gasteiger partial charge in [0.1, 0.15) is 36.9 Å². The van der Waals surface area contributed by atoms with Crippen molar-refractivity contribution in [2.24, 2.45) is 0 Å². The topological polar surface area (TPSA) is 178 Å². The van der Waals surface area contributed by atoms with Crippen molar-refractivity contribution in [1.82, 2.24) is 0 Å². The Balaban J connectivity index is 0.00000378. The van der Waals surface area contributed by atoms with Crippen molar-refractivity contribution < 1.29 is 103 Å². The normalized spacial score (nSPS) is 12.8. The minimum Gasteiger partial charge on any atom is -0.744 e. The summed E-state index contributed by atoms with van der Waals surface area (Å²) in [6.45, 7) is 5.99. The maximum Gasteiger partial charge on any atom is 1.00 e. The van der Waals surface area contributed by atoms with E-state index < -0.39 is 30.4 Å². The molecule has 0 bridgehead atoms. The van der Waals surface area contributed by atoms with E-state index in [0.717, 1.165) is 22.5 Å². The Kier molecular flexibility index (Phi) is 15.8. The third kappa shape index (κ3) is 11.4. The molecule has 0 aromatic heterocycles. The molecular weight excluding hydrogens is 759 g/mol. The Morgan fingerprint density at radius 2 is 1.13 bits per heavy atom. The van der Waals surface area contributed by atoms with Crippen molar-refractivity contribution in [2.45, 2.75) is 41.6 Å². The monoisotopic (exact) mass is 792 g/mol. The smallest absolute Gasteiger partial charge is 0.744 e. The molecule has 0 heterocycles. The molecule has 53 heavy (non-hydrogen) atoms. The largest absolute Gasteiger partial charge is 1.00 e. The molecule has 0 aliphatic heterocycles. The van der Waals surface area contributed by atoms with Gasteiger partial charge in [0.2, 0.25) is 0 Å². The second-order valence-electron chi connectivity index (χ2n) is 11.6. The zero-order chi connectivity index (χ0) is 37.0. The van der Waals surface area contributed by atoms with Gasteiger partial charge in [-0.15, -0.1) is 0 Å². The number of rotatable bonds is 12. The summed E-state index contributed by atoms with van der Waals surface area (Å²) in [6.07, 6.45) is 7.43. The van der Waals surface area contributed by atoms with E-state index in [1.165, 1.54) is 36.4 Å². The molecule has 11 nitrogen and oxygen atoms in total. The SMILES string of the molecule is CCN(Cc1ccc(S(=O)(=O)[O-])cc1)c1ccc(C(=C2C=CC(=[N+](CC)Cc3ccc(S(=O)(=O)[O-])cc3)C=C2)c2ccccc2S(=O)(=O)[O-])cc1.[Na+].[Na+]. The van der Waals surface area contributed by atoms with Crippen molar-refractivity contribution >= 4 is 47.3 Å². The van der Waals surface area contributed by atoms with Gasteiger partial charge in [-0.1, -0.05) is 54.6 Å². The van der Waals surface area contributed by atoms with E-state index >= 15 is 0 Å². The van der Waals surface area contributed by atoms with Crippen LogP contribution in [0, 0.1) is 0 Å². The minimum absolute atomic E-state index is 0. The van der Waals surface area contributed by atoms with Gasteiger partial charge in [0.15, 0.2) is 12.3 Å². The summed E-state index contributed by atoms with van der Waals surface area (Å²) in [6, 6.07) is 25.0. The summed E-state index contributed by atoms with van der Waals surface area (Å²) in [4.78, 5) is 1.08. The molecule has 1 aliphatic rings. The van der Waals surface area contributed by atoms with Crippen LogP contribution in [0.3, 0.4) is 0 Å². The van der Waals surface area contributed by atoms with Crippen molar-refractivity contribution in [3.63, 3.8) is 0 Å². The standard InChI is InChI=1S/C37H36N2O9S3.2Na/c1-3-38(25-27-9-21-33(22-10-27)49(40,41)42)31-17-13-29(14-18-31)37(35-7-5-6-8-36(35)51(46,47)48)30-15-19-32(20-16-30)39(4-2)26-28-11-23-34(24-12-28)50(43,44)45;;/h5-24H,3-4,25-26H2,1-2H3,(H2-,40,41,42,43,44,45,46,47,48);;/q;2*+1/p-2. The van der Waals surface area contributed by atoms with Crippen molar-refractivity contribution in [3.8, 4) is 0 Å². The molecule has 16 heteroatoms. The first-order chi connectivity index (χ1) is 24.1. The Morgan fingerprint density at radius 3 is 1.60 bits per heavy atom. The van der Waals surface area contributed by atoms with Crippen LogP contribution >= 0.6 is 0 Å². The quantitative estimate of drug-likeness (QED) is 0.0986. The molecule has 5 rings (SSSR count). The van der Waals surface area contributed by atoms with E-state index in [1.807, 2.05) is 71.9 Å². The first-order valence-corrected chi connectivity index (χ1v) is 20.0. The Bertz CT molecular complexity index is 2370. The molecule has 4 aromatic rings. The fourth-order valence-electron chi connectivity index (χ4n) is 5.78. The van der Waals surface area contributed by atoms with E-state index in [0.29, 0.717) is 42.9 Å². The predicted molar refractivity (Wildman–Crippen MR) is 190 cm³/mol. The van der Waals surface area contributed by atoms with Crippen molar-refractivity contribution in [1.29, 1.82) is 0 Å². The number of allylic oxidation sites excluding steroid dienone is 5. The fraction of sp³-hybridized carbons (Fsp3) is 0.162. The average Bonchev–Trinajstić information content (AvgIpc) is 3.10. The number of hydrogen-bond acceptors (Lipinski definition) is 10. The summed E-state index contributed by atoms with van der Waals surface area (Å²) >= 11 is 0. The van der Waals surface area contributed by atoms with E-state index in [4.69, 9.17) is 0 Å². The summed E-state index contributed by atoms with van der Waals surface area (Å²) in [5.74, 6) is 0. The van der Waals surface area contributed by atoms with Crippen LogP contribution in [0.5, 0.6) is 0 Å². The average molecular weight is 793 g/mol. The van der Waals surface area contributed by atoms with Gasteiger partial charge in [-0.3, -0.25) is 0 Å².